The molecule has 3 nitrogen and oxygen atoms in total. The Labute approximate surface area is 87.9 Å². The average Bonchev–Trinajstić information content (AvgIpc) is 2.27. The Hall–Kier alpha value is -2.08. The van der Waals surface area contributed by atoms with Crippen LogP contribution < -0.4 is 4.74 Å². The van der Waals surface area contributed by atoms with Gasteiger partial charge in [-0.15, -0.1) is 0 Å². The summed E-state index contributed by atoms with van der Waals surface area (Å²) in [5, 5.41) is 9.87. The summed E-state index contributed by atoms with van der Waals surface area (Å²) in [6.07, 6.45) is 0. The van der Waals surface area contributed by atoms with Gasteiger partial charge in [-0.1, -0.05) is 11.6 Å². The minimum Gasteiger partial charge on any atom is -0.480 e. The Bertz CT molecular complexity index is 555. The Morgan fingerprint density at radius 2 is 2.13 bits per heavy atom. The molecule has 0 fully saturated rings. The molecular weight excluding hydrogens is 188 g/mol. The minimum atomic E-state index is 0.383. The molecule has 2 rings (SSSR count). The highest BCUT2D eigenvalue weighted by molar-refractivity contribution is 5.81. The molecule has 0 aliphatic heterocycles. The smallest absolute Gasteiger partial charge is 0.231 e. The molecule has 0 radical (unpaired) electrons. The summed E-state index contributed by atoms with van der Waals surface area (Å²) < 4.78 is 5.04. The molecule has 1 aromatic heterocycles. The van der Waals surface area contributed by atoms with E-state index < -0.39 is 0 Å². The molecule has 1 aromatic carbocycles. The number of pyridine rings is 1. The molecule has 0 saturated heterocycles. The summed E-state index contributed by atoms with van der Waals surface area (Å²) in [7, 11) is 1.52. The van der Waals surface area contributed by atoms with Crippen LogP contribution in [0.3, 0.4) is 0 Å². The number of aryl methyl sites for hydroxylation is 1. The van der Waals surface area contributed by atoms with Crippen LogP contribution in [0.2, 0.25) is 0 Å². The van der Waals surface area contributed by atoms with Gasteiger partial charge in [-0.2, -0.15) is 5.26 Å². The molecule has 0 aliphatic carbocycles. The molecule has 0 amide bonds. The lowest BCUT2D eigenvalue weighted by atomic mass is 10.1. The molecule has 0 spiro atoms. The number of ether oxygens (including phenoxy) is 1. The molecule has 0 unspecified atom stereocenters. The van der Waals surface area contributed by atoms with Gasteiger partial charge in [0.2, 0.25) is 5.88 Å². The summed E-state index contributed by atoms with van der Waals surface area (Å²) in [6.45, 7) is 2.01. The van der Waals surface area contributed by atoms with E-state index in [9.17, 15) is 0 Å². The van der Waals surface area contributed by atoms with Gasteiger partial charge in [0.1, 0.15) is 11.6 Å². The minimum absolute atomic E-state index is 0.383. The highest BCUT2D eigenvalue weighted by Gasteiger charge is 2.06. The Morgan fingerprint density at radius 1 is 1.33 bits per heavy atom. The van der Waals surface area contributed by atoms with Gasteiger partial charge < -0.3 is 4.74 Å². The molecular formula is C12H10N2O. The van der Waals surface area contributed by atoms with Crippen LogP contribution in [0.1, 0.15) is 11.1 Å². The van der Waals surface area contributed by atoms with Gasteiger partial charge in [-0.25, -0.2) is 4.98 Å². The summed E-state index contributed by atoms with van der Waals surface area (Å²) >= 11 is 0. The van der Waals surface area contributed by atoms with E-state index in [1.54, 1.807) is 6.07 Å². The van der Waals surface area contributed by atoms with Crippen LogP contribution in [0.5, 0.6) is 5.88 Å². The topological polar surface area (TPSA) is 45.9 Å². The number of nitrogens with zero attached hydrogens (tertiary/aromatic N) is 2. The van der Waals surface area contributed by atoms with Crippen LogP contribution in [-0.4, -0.2) is 12.1 Å². The predicted octanol–water partition coefficient (Wildman–Crippen LogP) is 2.42. The Balaban J connectivity index is 2.77. The van der Waals surface area contributed by atoms with E-state index in [4.69, 9.17) is 10.00 Å². The van der Waals surface area contributed by atoms with Crippen LogP contribution in [0.15, 0.2) is 24.3 Å². The van der Waals surface area contributed by atoms with Crippen molar-refractivity contribution in [3.63, 3.8) is 0 Å². The largest absolute Gasteiger partial charge is 0.480 e. The highest BCUT2D eigenvalue weighted by atomic mass is 16.5. The van der Waals surface area contributed by atoms with Crippen molar-refractivity contribution >= 4 is 10.9 Å². The molecule has 0 atom stereocenters. The predicted molar refractivity (Wildman–Crippen MR) is 57.7 cm³/mol. The van der Waals surface area contributed by atoms with E-state index in [1.165, 1.54) is 7.11 Å². The van der Waals surface area contributed by atoms with Crippen LogP contribution in [0, 0.1) is 18.3 Å². The second kappa shape index (κ2) is 3.58. The zero-order valence-electron chi connectivity index (χ0n) is 8.61. The van der Waals surface area contributed by atoms with E-state index in [2.05, 4.69) is 11.1 Å². The maximum Gasteiger partial charge on any atom is 0.231 e. The average molecular weight is 198 g/mol. The molecule has 0 saturated carbocycles. The molecule has 2 aromatic rings. The van der Waals surface area contributed by atoms with Crippen molar-refractivity contribution in [2.75, 3.05) is 7.11 Å². The number of aromatic nitrogens is 1. The number of hydrogen-bond donors (Lipinski definition) is 0. The zero-order valence-corrected chi connectivity index (χ0v) is 8.61. The van der Waals surface area contributed by atoms with Gasteiger partial charge in [0, 0.05) is 5.39 Å². The fourth-order valence-electron chi connectivity index (χ4n) is 1.51. The monoisotopic (exact) mass is 198 g/mol. The SMILES string of the molecule is COc1nc2ccc(C)cc2cc1C#N. The maximum absolute atomic E-state index is 8.91. The first-order valence-electron chi connectivity index (χ1n) is 4.60. The van der Waals surface area contributed by atoms with Crippen LogP contribution in [-0.2, 0) is 0 Å². The number of rotatable bonds is 1. The molecule has 1 heterocycles. The van der Waals surface area contributed by atoms with E-state index in [-0.39, 0.29) is 0 Å². The second-order valence-electron chi connectivity index (χ2n) is 3.35. The van der Waals surface area contributed by atoms with Crippen molar-refractivity contribution in [3.05, 3.63) is 35.4 Å². The molecule has 74 valence electrons. The summed E-state index contributed by atoms with van der Waals surface area (Å²) in [6, 6.07) is 9.78. The van der Waals surface area contributed by atoms with E-state index in [0.29, 0.717) is 11.4 Å². The van der Waals surface area contributed by atoms with Gasteiger partial charge in [-0.3, -0.25) is 0 Å². The van der Waals surface area contributed by atoms with Crippen molar-refractivity contribution < 1.29 is 4.74 Å². The molecule has 3 heteroatoms. The van der Waals surface area contributed by atoms with Crippen LogP contribution in [0.25, 0.3) is 10.9 Å². The first kappa shape index (κ1) is 9.47. The fourth-order valence-corrected chi connectivity index (χ4v) is 1.51. The van der Waals surface area contributed by atoms with Crippen molar-refractivity contribution in [2.24, 2.45) is 0 Å². The fraction of sp³-hybridized carbons (Fsp3) is 0.167. The van der Waals surface area contributed by atoms with Crippen molar-refractivity contribution in [2.45, 2.75) is 6.92 Å². The summed E-state index contributed by atoms with van der Waals surface area (Å²) in [5.41, 5.74) is 2.46. The summed E-state index contributed by atoms with van der Waals surface area (Å²) in [4.78, 5) is 4.26. The van der Waals surface area contributed by atoms with Crippen molar-refractivity contribution in [1.29, 1.82) is 5.26 Å². The summed E-state index contributed by atoms with van der Waals surface area (Å²) in [5.74, 6) is 0.383. The van der Waals surface area contributed by atoms with Crippen molar-refractivity contribution in [1.82, 2.24) is 4.98 Å². The van der Waals surface area contributed by atoms with Crippen molar-refractivity contribution in [3.8, 4) is 11.9 Å². The quantitative estimate of drug-likeness (QED) is 0.706. The molecule has 0 aliphatic rings. The normalized spacial score (nSPS) is 9.93. The molecule has 0 N–H and O–H groups in total. The van der Waals surface area contributed by atoms with Crippen LogP contribution >= 0.6 is 0 Å². The van der Waals surface area contributed by atoms with Gasteiger partial charge in [0.05, 0.1) is 12.6 Å². The lowest BCUT2D eigenvalue weighted by Gasteiger charge is -2.04. The Morgan fingerprint density at radius 3 is 2.80 bits per heavy atom. The van der Waals surface area contributed by atoms with Gasteiger partial charge in [-0.05, 0) is 25.1 Å². The van der Waals surface area contributed by atoms with Gasteiger partial charge in [0.25, 0.3) is 0 Å². The highest BCUT2D eigenvalue weighted by Crippen LogP contribution is 2.22. The van der Waals surface area contributed by atoms with E-state index >= 15 is 0 Å². The number of nitriles is 1. The third kappa shape index (κ3) is 1.62. The Kier molecular flexibility index (Phi) is 2.26. The van der Waals surface area contributed by atoms with Gasteiger partial charge in [0.15, 0.2) is 0 Å². The first-order chi connectivity index (χ1) is 7.24. The number of fused-ring (bicyclic) bond motifs is 1. The zero-order chi connectivity index (χ0) is 10.8. The van der Waals surface area contributed by atoms with E-state index in [0.717, 1.165) is 16.5 Å². The lowest BCUT2D eigenvalue weighted by molar-refractivity contribution is 0.398. The van der Waals surface area contributed by atoms with E-state index in [1.807, 2.05) is 25.1 Å². The third-order valence-corrected chi connectivity index (χ3v) is 2.25. The second-order valence-corrected chi connectivity index (χ2v) is 3.35. The van der Waals surface area contributed by atoms with Crippen LogP contribution in [0.4, 0.5) is 0 Å². The number of benzene rings is 1. The number of hydrogen-bond acceptors (Lipinski definition) is 3. The first-order valence-corrected chi connectivity index (χ1v) is 4.60. The standard InChI is InChI=1S/C12H10N2O/c1-8-3-4-11-9(5-8)6-10(7-13)12(14-11)15-2/h3-6H,1-2H3. The number of methoxy groups -OCH3 is 1. The third-order valence-electron chi connectivity index (χ3n) is 2.25. The molecule has 0 bridgehead atoms. The molecule has 15 heavy (non-hydrogen) atoms. The maximum atomic E-state index is 8.91. The van der Waals surface area contributed by atoms with Gasteiger partial charge >= 0.3 is 0 Å². The lowest BCUT2D eigenvalue weighted by Crippen LogP contribution is -1.92.